The number of nitrogen functional groups attached to an aromatic ring is 1. The van der Waals surface area contributed by atoms with Gasteiger partial charge >= 0.3 is 0 Å². The Morgan fingerprint density at radius 2 is 1.94 bits per heavy atom. The zero-order chi connectivity index (χ0) is 12.0. The van der Waals surface area contributed by atoms with Gasteiger partial charge in [0.05, 0.1) is 11.9 Å². The van der Waals surface area contributed by atoms with Crippen molar-refractivity contribution in [2.45, 2.75) is 13.3 Å². The number of rotatable bonds is 6. The predicted molar refractivity (Wildman–Crippen MR) is 69.7 cm³/mol. The maximum atomic E-state index is 5.63. The highest BCUT2D eigenvalue weighted by Gasteiger charge is 2.06. The minimum Gasteiger partial charge on any atom is -0.397 e. The standard InChI is InChI=1S/C12H22N4/c1-4-7-16(9-8-15(2)3)12-6-5-11(13)10-14-12/h5-6,10H,4,7-9,13H2,1-3H3. The summed E-state index contributed by atoms with van der Waals surface area (Å²) in [6, 6.07) is 3.89. The van der Waals surface area contributed by atoms with E-state index >= 15 is 0 Å². The molecule has 16 heavy (non-hydrogen) atoms. The predicted octanol–water partition coefficient (Wildman–Crippen LogP) is 1.44. The molecule has 0 aliphatic carbocycles. The molecule has 1 aromatic rings. The Hall–Kier alpha value is -1.29. The first-order valence-corrected chi connectivity index (χ1v) is 5.74. The van der Waals surface area contributed by atoms with Crippen LogP contribution in [0.3, 0.4) is 0 Å². The molecule has 0 saturated carbocycles. The lowest BCUT2D eigenvalue weighted by Gasteiger charge is -2.24. The van der Waals surface area contributed by atoms with Gasteiger partial charge in [-0.25, -0.2) is 4.98 Å². The summed E-state index contributed by atoms with van der Waals surface area (Å²) in [5.74, 6) is 1.01. The first kappa shape index (κ1) is 12.8. The summed E-state index contributed by atoms with van der Waals surface area (Å²) in [6.07, 6.45) is 2.84. The second-order valence-electron chi connectivity index (χ2n) is 4.24. The summed E-state index contributed by atoms with van der Waals surface area (Å²) in [6.45, 7) is 5.24. The lowest BCUT2D eigenvalue weighted by Crippen LogP contribution is -2.32. The first-order valence-electron chi connectivity index (χ1n) is 5.74. The molecule has 1 rings (SSSR count). The minimum absolute atomic E-state index is 0.716. The summed E-state index contributed by atoms with van der Waals surface area (Å²) in [7, 11) is 4.17. The fourth-order valence-electron chi connectivity index (χ4n) is 1.52. The summed E-state index contributed by atoms with van der Waals surface area (Å²) in [5, 5.41) is 0. The second kappa shape index (κ2) is 6.33. The van der Waals surface area contributed by atoms with Crippen LogP contribution in [0.2, 0.25) is 0 Å². The number of nitrogens with zero attached hydrogens (tertiary/aromatic N) is 3. The van der Waals surface area contributed by atoms with Crippen LogP contribution in [0.25, 0.3) is 0 Å². The van der Waals surface area contributed by atoms with E-state index in [0.717, 1.165) is 31.9 Å². The van der Waals surface area contributed by atoms with Gasteiger partial charge in [-0.2, -0.15) is 0 Å². The van der Waals surface area contributed by atoms with E-state index < -0.39 is 0 Å². The van der Waals surface area contributed by atoms with Crippen LogP contribution in [-0.4, -0.2) is 43.6 Å². The number of hydrogen-bond donors (Lipinski definition) is 1. The fraction of sp³-hybridized carbons (Fsp3) is 0.583. The van der Waals surface area contributed by atoms with Gasteiger partial charge in [-0.3, -0.25) is 0 Å². The quantitative estimate of drug-likeness (QED) is 0.791. The first-order chi connectivity index (χ1) is 7.63. The Morgan fingerprint density at radius 3 is 2.44 bits per heavy atom. The number of pyridine rings is 1. The van der Waals surface area contributed by atoms with Crippen LogP contribution in [-0.2, 0) is 0 Å². The molecule has 1 aromatic heterocycles. The van der Waals surface area contributed by atoms with Crippen molar-refractivity contribution < 1.29 is 0 Å². The molecule has 0 aliphatic heterocycles. The zero-order valence-corrected chi connectivity index (χ0v) is 10.5. The van der Waals surface area contributed by atoms with Gasteiger partial charge in [0.2, 0.25) is 0 Å². The lowest BCUT2D eigenvalue weighted by atomic mass is 10.3. The van der Waals surface area contributed by atoms with Crippen LogP contribution in [0, 0.1) is 0 Å². The van der Waals surface area contributed by atoms with Crippen LogP contribution < -0.4 is 10.6 Å². The third-order valence-electron chi connectivity index (χ3n) is 2.41. The molecule has 0 saturated heterocycles. The van der Waals surface area contributed by atoms with Crippen LogP contribution in [0.1, 0.15) is 13.3 Å². The molecular weight excluding hydrogens is 200 g/mol. The Labute approximate surface area is 98.1 Å². The maximum Gasteiger partial charge on any atom is 0.128 e. The largest absolute Gasteiger partial charge is 0.397 e. The monoisotopic (exact) mass is 222 g/mol. The van der Waals surface area contributed by atoms with Crippen LogP contribution >= 0.6 is 0 Å². The molecule has 1 heterocycles. The number of hydrogen-bond acceptors (Lipinski definition) is 4. The van der Waals surface area contributed by atoms with Crippen molar-refractivity contribution in [3.63, 3.8) is 0 Å². The molecule has 0 spiro atoms. The van der Waals surface area contributed by atoms with Gasteiger partial charge in [0.1, 0.15) is 5.82 Å². The number of anilines is 2. The number of aromatic nitrogens is 1. The summed E-state index contributed by atoms with van der Waals surface area (Å²) >= 11 is 0. The molecule has 0 aliphatic rings. The molecule has 0 atom stereocenters. The van der Waals surface area contributed by atoms with Gasteiger partial charge < -0.3 is 15.5 Å². The van der Waals surface area contributed by atoms with Crippen molar-refractivity contribution in [2.24, 2.45) is 0 Å². The van der Waals surface area contributed by atoms with E-state index in [0.29, 0.717) is 5.69 Å². The molecule has 4 heteroatoms. The molecule has 90 valence electrons. The summed E-state index contributed by atoms with van der Waals surface area (Å²) < 4.78 is 0. The van der Waals surface area contributed by atoms with E-state index in [1.54, 1.807) is 6.20 Å². The van der Waals surface area contributed by atoms with Crippen molar-refractivity contribution in [1.82, 2.24) is 9.88 Å². The van der Waals surface area contributed by atoms with Crippen LogP contribution in [0.5, 0.6) is 0 Å². The Morgan fingerprint density at radius 1 is 1.19 bits per heavy atom. The van der Waals surface area contributed by atoms with Gasteiger partial charge in [0.25, 0.3) is 0 Å². The molecule has 4 nitrogen and oxygen atoms in total. The zero-order valence-electron chi connectivity index (χ0n) is 10.5. The molecule has 0 radical (unpaired) electrons. The molecule has 0 bridgehead atoms. The van der Waals surface area contributed by atoms with Crippen LogP contribution in [0.4, 0.5) is 11.5 Å². The van der Waals surface area contributed by atoms with Gasteiger partial charge in [-0.05, 0) is 32.6 Å². The van der Waals surface area contributed by atoms with E-state index in [4.69, 9.17) is 5.73 Å². The van der Waals surface area contributed by atoms with E-state index in [1.165, 1.54) is 0 Å². The van der Waals surface area contributed by atoms with Crippen molar-refractivity contribution in [3.05, 3.63) is 18.3 Å². The fourth-order valence-corrected chi connectivity index (χ4v) is 1.52. The minimum atomic E-state index is 0.716. The molecule has 2 N–H and O–H groups in total. The van der Waals surface area contributed by atoms with Gasteiger partial charge in [0.15, 0.2) is 0 Å². The Balaban J connectivity index is 2.64. The van der Waals surface area contributed by atoms with E-state index in [2.05, 4.69) is 35.8 Å². The average molecular weight is 222 g/mol. The van der Waals surface area contributed by atoms with E-state index in [9.17, 15) is 0 Å². The Bertz CT molecular complexity index is 294. The summed E-state index contributed by atoms with van der Waals surface area (Å²) in [4.78, 5) is 8.83. The molecule has 0 amide bonds. The van der Waals surface area contributed by atoms with Crippen molar-refractivity contribution in [1.29, 1.82) is 0 Å². The molecular formula is C12H22N4. The third kappa shape index (κ3) is 4.06. The summed E-state index contributed by atoms with van der Waals surface area (Å²) in [5.41, 5.74) is 6.35. The highest BCUT2D eigenvalue weighted by Crippen LogP contribution is 2.12. The lowest BCUT2D eigenvalue weighted by molar-refractivity contribution is 0.412. The normalized spacial score (nSPS) is 10.8. The smallest absolute Gasteiger partial charge is 0.128 e. The van der Waals surface area contributed by atoms with Gasteiger partial charge in [-0.1, -0.05) is 6.92 Å². The average Bonchev–Trinajstić information content (AvgIpc) is 2.25. The van der Waals surface area contributed by atoms with Crippen molar-refractivity contribution in [3.8, 4) is 0 Å². The molecule has 0 unspecified atom stereocenters. The SMILES string of the molecule is CCCN(CCN(C)C)c1ccc(N)cn1. The van der Waals surface area contributed by atoms with Gasteiger partial charge in [-0.15, -0.1) is 0 Å². The highest BCUT2D eigenvalue weighted by atomic mass is 15.2. The number of likely N-dealkylation sites (N-methyl/N-ethyl adjacent to an activating group) is 1. The van der Waals surface area contributed by atoms with Gasteiger partial charge in [0, 0.05) is 19.6 Å². The van der Waals surface area contributed by atoms with Crippen molar-refractivity contribution in [2.75, 3.05) is 44.4 Å². The van der Waals surface area contributed by atoms with Crippen molar-refractivity contribution >= 4 is 11.5 Å². The topological polar surface area (TPSA) is 45.4 Å². The molecule has 0 aromatic carbocycles. The number of nitrogens with two attached hydrogens (primary N) is 1. The third-order valence-corrected chi connectivity index (χ3v) is 2.41. The maximum absolute atomic E-state index is 5.63. The molecule has 0 fully saturated rings. The van der Waals surface area contributed by atoms with E-state index in [-0.39, 0.29) is 0 Å². The van der Waals surface area contributed by atoms with Crippen LogP contribution in [0.15, 0.2) is 18.3 Å². The van der Waals surface area contributed by atoms with E-state index in [1.807, 2.05) is 12.1 Å². The second-order valence-corrected chi connectivity index (χ2v) is 4.24. The highest BCUT2D eigenvalue weighted by molar-refractivity contribution is 5.45. The Kier molecular flexibility index (Phi) is 5.05.